The van der Waals surface area contributed by atoms with E-state index in [1.54, 1.807) is 11.3 Å². The summed E-state index contributed by atoms with van der Waals surface area (Å²) in [5.74, 6) is 0.104. The largest absolute Gasteiger partial charge is 0.345 e. The first-order valence-electron chi connectivity index (χ1n) is 8.99. The number of carbonyl (C=O) groups excluding carboxylic acids is 1. The van der Waals surface area contributed by atoms with Crippen LogP contribution in [0.4, 0.5) is 5.13 Å². The molecular weight excluding hydrogens is 344 g/mol. The van der Waals surface area contributed by atoms with E-state index < -0.39 is 0 Å². The highest BCUT2D eigenvalue weighted by Crippen LogP contribution is 2.24. The smallest absolute Gasteiger partial charge is 0.254 e. The molecule has 6 heteroatoms. The molecule has 0 aliphatic carbocycles. The van der Waals surface area contributed by atoms with Gasteiger partial charge in [0.2, 0.25) is 0 Å². The molecule has 4 rings (SSSR count). The summed E-state index contributed by atoms with van der Waals surface area (Å²) in [6, 6.07) is 8.16. The minimum absolute atomic E-state index is 0.104. The Balaban J connectivity index is 1.60. The minimum atomic E-state index is 0.104. The lowest BCUT2D eigenvalue weighted by Gasteiger charge is -2.34. The van der Waals surface area contributed by atoms with Gasteiger partial charge in [0.15, 0.2) is 5.13 Å². The second kappa shape index (κ2) is 7.03. The van der Waals surface area contributed by atoms with E-state index in [-0.39, 0.29) is 5.91 Å². The van der Waals surface area contributed by atoms with Crippen molar-refractivity contribution in [3.8, 4) is 0 Å². The monoisotopic (exact) mass is 366 g/mol. The summed E-state index contributed by atoms with van der Waals surface area (Å²) in [4.78, 5) is 26.4. The lowest BCUT2D eigenvalue weighted by Crippen LogP contribution is -2.48. The van der Waals surface area contributed by atoms with Crippen LogP contribution >= 0.6 is 11.3 Å². The molecule has 0 bridgehead atoms. The van der Waals surface area contributed by atoms with Crippen molar-refractivity contribution in [3.05, 3.63) is 52.7 Å². The molecule has 134 valence electrons. The summed E-state index contributed by atoms with van der Waals surface area (Å²) in [6.45, 7) is 7.15. The molecule has 2 aromatic heterocycles. The van der Waals surface area contributed by atoms with Gasteiger partial charge in [0, 0.05) is 48.8 Å². The summed E-state index contributed by atoms with van der Waals surface area (Å²) in [5.41, 5.74) is 3.77. The number of thiazole rings is 1. The Morgan fingerprint density at radius 1 is 1.19 bits per heavy atom. The van der Waals surface area contributed by atoms with Crippen LogP contribution in [-0.2, 0) is 6.42 Å². The molecule has 1 aromatic carbocycles. The summed E-state index contributed by atoms with van der Waals surface area (Å²) >= 11 is 1.65. The van der Waals surface area contributed by atoms with Crippen molar-refractivity contribution < 1.29 is 4.79 Å². The van der Waals surface area contributed by atoms with Gasteiger partial charge in [-0.3, -0.25) is 9.78 Å². The molecule has 1 saturated heterocycles. The van der Waals surface area contributed by atoms with Crippen LogP contribution in [0.15, 0.2) is 35.8 Å². The van der Waals surface area contributed by atoms with Gasteiger partial charge in [-0.15, -0.1) is 11.3 Å². The van der Waals surface area contributed by atoms with Gasteiger partial charge in [-0.2, -0.15) is 0 Å². The van der Waals surface area contributed by atoms with Gasteiger partial charge in [-0.1, -0.05) is 13.0 Å². The maximum atomic E-state index is 13.2. The summed E-state index contributed by atoms with van der Waals surface area (Å²) in [7, 11) is 0. The number of nitrogens with zero attached hydrogens (tertiary/aromatic N) is 4. The van der Waals surface area contributed by atoms with Gasteiger partial charge in [0.25, 0.3) is 5.91 Å². The Morgan fingerprint density at radius 3 is 2.69 bits per heavy atom. The first kappa shape index (κ1) is 17.0. The molecule has 3 heterocycles. The topological polar surface area (TPSA) is 49.3 Å². The first-order valence-corrected chi connectivity index (χ1v) is 9.87. The van der Waals surface area contributed by atoms with Crippen molar-refractivity contribution in [1.29, 1.82) is 0 Å². The third-order valence-electron chi connectivity index (χ3n) is 4.90. The van der Waals surface area contributed by atoms with E-state index in [0.717, 1.165) is 59.9 Å². The zero-order valence-corrected chi connectivity index (χ0v) is 15.9. The zero-order valence-electron chi connectivity index (χ0n) is 15.1. The molecule has 0 N–H and O–H groups in total. The van der Waals surface area contributed by atoms with Crippen LogP contribution < -0.4 is 4.90 Å². The van der Waals surface area contributed by atoms with Crippen molar-refractivity contribution in [3.63, 3.8) is 0 Å². The average Bonchev–Trinajstić information content (AvgIpc) is 3.21. The maximum Gasteiger partial charge on any atom is 0.254 e. The van der Waals surface area contributed by atoms with E-state index in [1.165, 1.54) is 5.56 Å². The maximum absolute atomic E-state index is 13.2. The quantitative estimate of drug-likeness (QED) is 0.712. The molecular formula is C20H22N4OS. The van der Waals surface area contributed by atoms with Crippen LogP contribution in [0.3, 0.4) is 0 Å². The van der Waals surface area contributed by atoms with E-state index in [4.69, 9.17) is 0 Å². The van der Waals surface area contributed by atoms with Gasteiger partial charge in [0.05, 0.1) is 11.1 Å². The molecule has 0 radical (unpaired) electrons. The predicted molar refractivity (Wildman–Crippen MR) is 106 cm³/mol. The van der Waals surface area contributed by atoms with Crippen LogP contribution in [0.2, 0.25) is 0 Å². The Morgan fingerprint density at radius 2 is 2.00 bits per heavy atom. The molecule has 3 aromatic rings. The number of hydrogen-bond acceptors (Lipinski definition) is 5. The van der Waals surface area contributed by atoms with Gasteiger partial charge in [-0.25, -0.2) is 4.98 Å². The highest BCUT2D eigenvalue weighted by atomic mass is 32.1. The number of aromatic nitrogens is 2. The van der Waals surface area contributed by atoms with Crippen molar-refractivity contribution in [2.75, 3.05) is 31.1 Å². The van der Waals surface area contributed by atoms with Crippen molar-refractivity contribution in [1.82, 2.24) is 14.9 Å². The summed E-state index contributed by atoms with van der Waals surface area (Å²) in [5, 5.41) is 3.99. The Kier molecular flexibility index (Phi) is 4.59. The van der Waals surface area contributed by atoms with Crippen LogP contribution in [0.25, 0.3) is 10.9 Å². The fraction of sp³-hybridized carbons (Fsp3) is 0.350. The number of rotatable bonds is 3. The van der Waals surface area contributed by atoms with E-state index in [2.05, 4.69) is 33.9 Å². The van der Waals surface area contributed by atoms with E-state index in [9.17, 15) is 4.79 Å². The second-order valence-electron chi connectivity index (χ2n) is 6.61. The highest BCUT2D eigenvalue weighted by molar-refractivity contribution is 7.13. The molecule has 1 aliphatic rings. The lowest BCUT2D eigenvalue weighted by atomic mass is 10.0. The Labute approximate surface area is 157 Å². The first-order chi connectivity index (χ1) is 12.7. The summed E-state index contributed by atoms with van der Waals surface area (Å²) < 4.78 is 0. The number of carbonyl (C=O) groups is 1. The summed E-state index contributed by atoms with van der Waals surface area (Å²) in [6.07, 6.45) is 2.78. The number of anilines is 1. The van der Waals surface area contributed by atoms with Crippen molar-refractivity contribution >= 4 is 33.3 Å². The third kappa shape index (κ3) is 3.17. The molecule has 0 saturated carbocycles. The fourth-order valence-electron chi connectivity index (χ4n) is 3.45. The van der Waals surface area contributed by atoms with Crippen LogP contribution in [0, 0.1) is 6.92 Å². The average molecular weight is 366 g/mol. The van der Waals surface area contributed by atoms with Crippen LogP contribution in [0.5, 0.6) is 0 Å². The van der Waals surface area contributed by atoms with Gasteiger partial charge in [0.1, 0.15) is 0 Å². The fourth-order valence-corrected chi connectivity index (χ4v) is 4.14. The van der Waals surface area contributed by atoms with Gasteiger partial charge >= 0.3 is 0 Å². The molecule has 0 atom stereocenters. The van der Waals surface area contributed by atoms with Crippen molar-refractivity contribution in [2.45, 2.75) is 20.3 Å². The number of benzene rings is 1. The van der Waals surface area contributed by atoms with Crippen LogP contribution in [-0.4, -0.2) is 47.0 Å². The van der Waals surface area contributed by atoms with Gasteiger partial charge in [-0.05, 0) is 37.1 Å². The zero-order chi connectivity index (χ0) is 18.1. The molecule has 26 heavy (non-hydrogen) atoms. The van der Waals surface area contributed by atoms with E-state index in [1.807, 2.05) is 35.5 Å². The SMILES string of the molecule is CCc1ccc2nc(C)cc(C(=O)N3CCN(c4nccs4)CC3)c2c1. The van der Waals surface area contributed by atoms with Crippen LogP contribution in [0.1, 0.15) is 28.5 Å². The van der Waals surface area contributed by atoms with Crippen molar-refractivity contribution in [2.24, 2.45) is 0 Å². The highest BCUT2D eigenvalue weighted by Gasteiger charge is 2.24. The number of amides is 1. The molecule has 1 amide bonds. The number of hydrogen-bond donors (Lipinski definition) is 0. The molecule has 1 aliphatic heterocycles. The van der Waals surface area contributed by atoms with E-state index >= 15 is 0 Å². The van der Waals surface area contributed by atoms with E-state index in [0.29, 0.717) is 0 Å². The predicted octanol–water partition coefficient (Wildman–Crippen LogP) is 3.52. The Bertz CT molecular complexity index is 930. The number of fused-ring (bicyclic) bond motifs is 1. The Hall–Kier alpha value is -2.47. The van der Waals surface area contributed by atoms with Gasteiger partial charge < -0.3 is 9.80 Å². The molecule has 5 nitrogen and oxygen atoms in total. The standard InChI is InChI=1S/C20H22N4OS/c1-3-15-4-5-18-16(13-15)17(12-14(2)22-18)19(25)23-7-9-24(10-8-23)20-21-6-11-26-20/h4-6,11-13H,3,7-10H2,1-2H3. The molecule has 1 fully saturated rings. The second-order valence-corrected chi connectivity index (χ2v) is 7.48. The normalized spacial score (nSPS) is 14.8. The number of piperazine rings is 1. The minimum Gasteiger partial charge on any atom is -0.345 e. The number of aryl methyl sites for hydroxylation is 2. The molecule has 0 spiro atoms. The lowest BCUT2D eigenvalue weighted by molar-refractivity contribution is 0.0748. The third-order valence-corrected chi connectivity index (χ3v) is 5.73. The molecule has 0 unspecified atom stereocenters. The number of pyridine rings is 1.